The SMILES string of the molecule is Cc1ccc(B2C=c3oc4ncccc4c3=CN2C)[n+](C)c1. The summed E-state index contributed by atoms with van der Waals surface area (Å²) in [6.45, 7) is 2.26. The molecule has 1 aliphatic heterocycles. The zero-order valence-electron chi connectivity index (χ0n) is 12.9. The van der Waals surface area contributed by atoms with Gasteiger partial charge in [0.15, 0.2) is 11.8 Å². The Bertz CT molecular complexity index is 993. The van der Waals surface area contributed by atoms with Crippen LogP contribution < -0.4 is 20.8 Å². The third-order valence-electron chi connectivity index (χ3n) is 4.24. The molecule has 108 valence electrons. The second-order valence-corrected chi connectivity index (χ2v) is 5.88. The lowest BCUT2D eigenvalue weighted by molar-refractivity contribution is -0.654. The zero-order valence-corrected chi connectivity index (χ0v) is 12.9. The van der Waals surface area contributed by atoms with Crippen molar-refractivity contribution in [1.82, 2.24) is 9.79 Å². The predicted octanol–water partition coefficient (Wildman–Crippen LogP) is -0.137. The molecule has 0 N–H and O–H groups in total. The Morgan fingerprint density at radius 3 is 2.95 bits per heavy atom. The summed E-state index contributed by atoms with van der Waals surface area (Å²) in [6, 6.07) is 8.31. The van der Waals surface area contributed by atoms with E-state index < -0.39 is 0 Å². The van der Waals surface area contributed by atoms with Crippen LogP contribution in [0.4, 0.5) is 0 Å². The quantitative estimate of drug-likeness (QED) is 0.462. The smallest absolute Gasteiger partial charge is 0.399 e. The van der Waals surface area contributed by atoms with Crippen molar-refractivity contribution in [2.45, 2.75) is 6.92 Å². The van der Waals surface area contributed by atoms with Crippen molar-refractivity contribution in [3.63, 3.8) is 0 Å². The molecule has 1 aliphatic rings. The fraction of sp³-hybridized carbons (Fsp3) is 0.176. The van der Waals surface area contributed by atoms with Gasteiger partial charge in [0.2, 0.25) is 5.71 Å². The molecule has 0 atom stereocenters. The second-order valence-electron chi connectivity index (χ2n) is 5.88. The van der Waals surface area contributed by atoms with E-state index in [1.807, 2.05) is 6.07 Å². The Kier molecular flexibility index (Phi) is 2.82. The first-order valence-corrected chi connectivity index (χ1v) is 7.39. The Morgan fingerprint density at radius 2 is 2.14 bits per heavy atom. The molecule has 5 heteroatoms. The Labute approximate surface area is 129 Å². The molecule has 4 heterocycles. The first kappa shape index (κ1) is 13.1. The van der Waals surface area contributed by atoms with Crippen molar-refractivity contribution in [1.29, 1.82) is 0 Å². The minimum Gasteiger partial charge on any atom is -0.439 e. The summed E-state index contributed by atoms with van der Waals surface area (Å²) in [6.07, 6.45) is 6.05. The topological polar surface area (TPSA) is 33.2 Å². The molecule has 4 nitrogen and oxygen atoms in total. The number of furan rings is 1. The molecule has 0 aliphatic carbocycles. The van der Waals surface area contributed by atoms with Crippen molar-refractivity contribution >= 4 is 35.7 Å². The first-order chi connectivity index (χ1) is 10.6. The fourth-order valence-corrected chi connectivity index (χ4v) is 3.13. The molecule has 0 bridgehead atoms. The third kappa shape index (κ3) is 1.93. The molecule has 3 aromatic rings. The molecule has 22 heavy (non-hydrogen) atoms. The lowest BCUT2D eigenvalue weighted by atomic mass is 9.56. The number of rotatable bonds is 1. The van der Waals surface area contributed by atoms with Crippen molar-refractivity contribution in [2.24, 2.45) is 7.05 Å². The molecule has 0 radical (unpaired) electrons. The number of pyridine rings is 2. The van der Waals surface area contributed by atoms with Crippen molar-refractivity contribution in [2.75, 3.05) is 7.05 Å². The van der Waals surface area contributed by atoms with Crippen molar-refractivity contribution in [3.8, 4) is 0 Å². The van der Waals surface area contributed by atoms with Gasteiger partial charge < -0.3 is 9.23 Å². The normalized spacial score (nSPS) is 13.8. The molecule has 3 aromatic heterocycles. The van der Waals surface area contributed by atoms with Crippen LogP contribution in [0.3, 0.4) is 0 Å². The average molecular weight is 290 g/mol. The van der Waals surface area contributed by atoms with Crippen molar-refractivity contribution in [3.05, 3.63) is 52.9 Å². The van der Waals surface area contributed by atoms with Gasteiger partial charge in [0.25, 0.3) is 0 Å². The van der Waals surface area contributed by atoms with Crippen LogP contribution in [0.5, 0.6) is 0 Å². The summed E-state index contributed by atoms with van der Waals surface area (Å²) in [4.78, 5) is 6.53. The summed E-state index contributed by atoms with van der Waals surface area (Å²) < 4.78 is 8.09. The summed E-state index contributed by atoms with van der Waals surface area (Å²) in [5.41, 5.74) is 4.07. The summed E-state index contributed by atoms with van der Waals surface area (Å²) >= 11 is 0. The molecule has 0 aromatic carbocycles. The number of nitrogens with zero attached hydrogens (tertiary/aromatic N) is 3. The van der Waals surface area contributed by atoms with Crippen LogP contribution in [0.2, 0.25) is 0 Å². The van der Waals surface area contributed by atoms with E-state index in [0.717, 1.165) is 16.0 Å². The number of fused-ring (bicyclic) bond motifs is 3. The molecule has 4 rings (SSSR count). The van der Waals surface area contributed by atoms with E-state index in [4.69, 9.17) is 4.42 Å². The zero-order chi connectivity index (χ0) is 15.3. The fourth-order valence-electron chi connectivity index (χ4n) is 3.13. The molecular weight excluding hydrogens is 273 g/mol. The number of aromatic nitrogens is 2. The standard InChI is InChI=1S/C17H17BN3O/c1-12-6-7-16(20(2)10-12)18-9-15-14(11-21(18)3)13-5-4-8-19-17(13)22-15/h4-11H,1-3H3/q+1. The minimum absolute atomic E-state index is 0.152. The van der Waals surface area contributed by atoms with Gasteiger partial charge in [0.05, 0.1) is 0 Å². The van der Waals surface area contributed by atoms with E-state index in [-0.39, 0.29) is 6.85 Å². The van der Waals surface area contributed by atoms with Crippen LogP contribution in [0.1, 0.15) is 5.56 Å². The van der Waals surface area contributed by atoms with Crippen LogP contribution >= 0.6 is 0 Å². The van der Waals surface area contributed by atoms with E-state index >= 15 is 0 Å². The van der Waals surface area contributed by atoms with Gasteiger partial charge in [-0.05, 0) is 50.4 Å². The van der Waals surface area contributed by atoms with E-state index in [0.29, 0.717) is 5.71 Å². The molecule has 0 amide bonds. The highest BCUT2D eigenvalue weighted by molar-refractivity contribution is 6.82. The maximum Gasteiger partial charge on any atom is 0.399 e. The van der Waals surface area contributed by atoms with Gasteiger partial charge in [-0.25, -0.2) is 9.55 Å². The van der Waals surface area contributed by atoms with E-state index in [1.165, 1.54) is 11.2 Å². The van der Waals surface area contributed by atoms with Crippen LogP contribution in [-0.2, 0) is 7.05 Å². The Balaban J connectivity index is 1.94. The lowest BCUT2D eigenvalue weighted by Crippen LogP contribution is -2.60. The van der Waals surface area contributed by atoms with Gasteiger partial charge in [-0.15, -0.1) is 0 Å². The maximum atomic E-state index is 5.92. The monoisotopic (exact) mass is 290 g/mol. The maximum absolute atomic E-state index is 5.92. The minimum atomic E-state index is 0.152. The second kappa shape index (κ2) is 4.73. The third-order valence-corrected chi connectivity index (χ3v) is 4.24. The number of hydrogen-bond acceptors (Lipinski definition) is 3. The molecule has 0 saturated carbocycles. The van der Waals surface area contributed by atoms with Crippen LogP contribution in [0, 0.1) is 6.92 Å². The van der Waals surface area contributed by atoms with E-state index in [9.17, 15) is 0 Å². The lowest BCUT2D eigenvalue weighted by Gasteiger charge is -2.20. The predicted molar refractivity (Wildman–Crippen MR) is 87.7 cm³/mol. The first-order valence-electron chi connectivity index (χ1n) is 7.39. The van der Waals surface area contributed by atoms with E-state index in [1.54, 1.807) is 6.20 Å². The van der Waals surface area contributed by atoms with Crippen LogP contribution in [-0.4, -0.2) is 23.7 Å². The van der Waals surface area contributed by atoms with Gasteiger partial charge in [-0.2, -0.15) is 0 Å². The largest absolute Gasteiger partial charge is 0.439 e. The molecular formula is C17H17BN3O+. The van der Waals surface area contributed by atoms with Gasteiger partial charge in [0.1, 0.15) is 12.5 Å². The summed E-state index contributed by atoms with van der Waals surface area (Å²) in [7, 11) is 4.18. The van der Waals surface area contributed by atoms with Gasteiger partial charge in [0, 0.05) is 22.4 Å². The number of aryl methyl sites for hydroxylation is 2. The highest BCUT2D eigenvalue weighted by atomic mass is 16.3. The Morgan fingerprint density at radius 1 is 1.27 bits per heavy atom. The highest BCUT2D eigenvalue weighted by Gasteiger charge is 2.30. The van der Waals surface area contributed by atoms with Gasteiger partial charge in [-0.3, -0.25) is 0 Å². The van der Waals surface area contributed by atoms with Crippen LogP contribution in [0.15, 0.2) is 41.1 Å². The summed E-state index contributed by atoms with van der Waals surface area (Å²) in [5, 5.41) is 2.17. The molecule has 0 saturated heterocycles. The molecule has 0 spiro atoms. The Hall–Kier alpha value is -2.56. The highest BCUT2D eigenvalue weighted by Crippen LogP contribution is 2.06. The molecule has 0 fully saturated rings. The number of hydrogen-bond donors (Lipinski definition) is 0. The van der Waals surface area contributed by atoms with Crippen molar-refractivity contribution < 1.29 is 8.98 Å². The van der Waals surface area contributed by atoms with E-state index in [2.05, 4.69) is 72.0 Å². The summed E-state index contributed by atoms with van der Waals surface area (Å²) in [5.74, 6) is 2.17. The van der Waals surface area contributed by atoms with Gasteiger partial charge in [-0.1, -0.05) is 0 Å². The average Bonchev–Trinajstić information content (AvgIpc) is 2.85. The van der Waals surface area contributed by atoms with Crippen LogP contribution in [0.25, 0.3) is 23.3 Å². The van der Waals surface area contributed by atoms with Gasteiger partial charge >= 0.3 is 6.85 Å². The molecule has 0 unspecified atom stereocenters.